The number of nitrogens with one attached hydrogen (secondary N) is 1. The molecule has 1 aromatic rings. The summed E-state index contributed by atoms with van der Waals surface area (Å²) in [6, 6.07) is 23.5. The number of fused-ring (bicyclic) bond motifs is 1. The van der Waals surface area contributed by atoms with Crippen LogP contribution in [0.2, 0.25) is 0 Å². The van der Waals surface area contributed by atoms with E-state index in [1.54, 1.807) is 0 Å². The fraction of sp³-hybridized carbons (Fsp3) is 0.200. The van der Waals surface area contributed by atoms with Crippen LogP contribution in [0.15, 0.2) is 66.7 Å². The fourth-order valence-corrected chi connectivity index (χ4v) is 2.53. The lowest BCUT2D eigenvalue weighted by Crippen LogP contribution is -2.10. The van der Waals surface area contributed by atoms with Gasteiger partial charge in [0.25, 0.3) is 0 Å². The van der Waals surface area contributed by atoms with Crippen LogP contribution in [-0.2, 0) is 5.41 Å². The maximum atomic E-state index is 3.52. The van der Waals surface area contributed by atoms with Gasteiger partial charge in [-0.05, 0) is 34.7 Å². The molecule has 1 nitrogen and oxygen atoms in total. The molecular formula is C20H21N. The Morgan fingerprint density at radius 3 is 2.14 bits per heavy atom. The van der Waals surface area contributed by atoms with E-state index in [2.05, 4.69) is 92.8 Å². The molecule has 21 heavy (non-hydrogen) atoms. The predicted molar refractivity (Wildman–Crippen MR) is 91.5 cm³/mol. The maximum absolute atomic E-state index is 3.52. The Morgan fingerprint density at radius 1 is 0.714 bits per heavy atom. The first-order valence-corrected chi connectivity index (χ1v) is 7.39. The normalized spacial score (nSPS) is 11.6. The Balaban J connectivity index is 1.87. The SMILES string of the molecule is CC(C)(C)c1ccc(Nc2ccc3cccccc2-3)cc1. The summed E-state index contributed by atoms with van der Waals surface area (Å²) in [5, 5.41) is 3.52. The van der Waals surface area contributed by atoms with Gasteiger partial charge in [0.05, 0.1) is 0 Å². The van der Waals surface area contributed by atoms with Crippen molar-refractivity contribution in [2.45, 2.75) is 26.2 Å². The van der Waals surface area contributed by atoms with Gasteiger partial charge in [0.15, 0.2) is 0 Å². The van der Waals surface area contributed by atoms with Crippen molar-refractivity contribution in [2.75, 3.05) is 5.32 Å². The van der Waals surface area contributed by atoms with Gasteiger partial charge in [-0.3, -0.25) is 0 Å². The van der Waals surface area contributed by atoms with Crippen LogP contribution in [0.3, 0.4) is 0 Å². The van der Waals surface area contributed by atoms with Gasteiger partial charge >= 0.3 is 0 Å². The van der Waals surface area contributed by atoms with Crippen molar-refractivity contribution in [2.24, 2.45) is 0 Å². The van der Waals surface area contributed by atoms with Gasteiger partial charge in [0.1, 0.15) is 0 Å². The average Bonchev–Trinajstić information content (AvgIpc) is 2.68. The van der Waals surface area contributed by atoms with Crippen molar-refractivity contribution < 1.29 is 0 Å². The molecule has 0 aliphatic heterocycles. The second-order valence-corrected chi connectivity index (χ2v) is 6.48. The summed E-state index contributed by atoms with van der Waals surface area (Å²) in [5.41, 5.74) is 6.34. The Labute approximate surface area is 127 Å². The van der Waals surface area contributed by atoms with Gasteiger partial charge in [-0.25, -0.2) is 0 Å². The standard InChI is InChI=1S/C20H21N/c1-20(2,3)16-10-12-17(13-11-16)21-19-14-9-15-7-5-4-6-8-18(15)19/h4-14,21H,1-3H3. The van der Waals surface area contributed by atoms with E-state index in [1.807, 2.05) is 0 Å². The first-order valence-electron chi connectivity index (χ1n) is 7.39. The minimum atomic E-state index is 0.194. The topological polar surface area (TPSA) is 12.0 Å². The van der Waals surface area contributed by atoms with E-state index in [-0.39, 0.29) is 5.41 Å². The average molecular weight is 275 g/mol. The smallest absolute Gasteiger partial charge is 0.0464 e. The molecular weight excluding hydrogens is 254 g/mol. The number of hydrogen-bond acceptors (Lipinski definition) is 1. The number of anilines is 2. The highest BCUT2D eigenvalue weighted by atomic mass is 14.9. The zero-order valence-electron chi connectivity index (χ0n) is 12.9. The Morgan fingerprint density at radius 2 is 1.43 bits per heavy atom. The van der Waals surface area contributed by atoms with E-state index < -0.39 is 0 Å². The van der Waals surface area contributed by atoms with Crippen LogP contribution >= 0.6 is 0 Å². The molecule has 0 saturated heterocycles. The molecule has 3 rings (SSSR count). The molecule has 1 N–H and O–H groups in total. The number of benzene rings is 1. The Bertz CT molecular complexity index is 705. The minimum absolute atomic E-state index is 0.194. The largest absolute Gasteiger partial charge is 0.355 e. The quantitative estimate of drug-likeness (QED) is 0.620. The van der Waals surface area contributed by atoms with Gasteiger partial charge in [-0.2, -0.15) is 0 Å². The highest BCUT2D eigenvalue weighted by Crippen LogP contribution is 2.33. The van der Waals surface area contributed by atoms with Gasteiger partial charge in [0.2, 0.25) is 0 Å². The van der Waals surface area contributed by atoms with Crippen molar-refractivity contribution in [3.8, 4) is 11.1 Å². The summed E-state index contributed by atoms with van der Waals surface area (Å²) in [6.45, 7) is 6.71. The van der Waals surface area contributed by atoms with Crippen molar-refractivity contribution in [1.29, 1.82) is 0 Å². The summed E-state index contributed by atoms with van der Waals surface area (Å²) in [7, 11) is 0. The molecule has 0 amide bonds. The van der Waals surface area contributed by atoms with E-state index in [4.69, 9.17) is 0 Å². The second kappa shape index (κ2) is 5.25. The van der Waals surface area contributed by atoms with Crippen LogP contribution in [0.25, 0.3) is 11.1 Å². The molecule has 0 heterocycles. The lowest BCUT2D eigenvalue weighted by Gasteiger charge is -2.19. The van der Waals surface area contributed by atoms with Crippen LogP contribution in [0, 0.1) is 0 Å². The molecule has 106 valence electrons. The van der Waals surface area contributed by atoms with E-state index >= 15 is 0 Å². The molecule has 0 radical (unpaired) electrons. The molecule has 0 unspecified atom stereocenters. The summed E-state index contributed by atoms with van der Waals surface area (Å²) >= 11 is 0. The third-order valence-corrected chi connectivity index (χ3v) is 3.82. The lowest BCUT2D eigenvalue weighted by atomic mass is 9.87. The van der Waals surface area contributed by atoms with Crippen LogP contribution in [0.5, 0.6) is 0 Å². The molecule has 0 bridgehead atoms. The predicted octanol–water partition coefficient (Wildman–Crippen LogP) is 5.83. The summed E-state index contributed by atoms with van der Waals surface area (Å²) in [5.74, 6) is 0. The summed E-state index contributed by atoms with van der Waals surface area (Å²) in [6.07, 6.45) is 0. The Hall–Kier alpha value is -2.28. The molecule has 2 aliphatic rings. The molecule has 0 aromatic heterocycles. The molecule has 0 atom stereocenters. The van der Waals surface area contributed by atoms with Gasteiger partial charge in [-0.1, -0.05) is 69.3 Å². The highest BCUT2D eigenvalue weighted by Gasteiger charge is 2.13. The first-order chi connectivity index (χ1) is 10.0. The van der Waals surface area contributed by atoms with Gasteiger partial charge in [-0.15, -0.1) is 0 Å². The van der Waals surface area contributed by atoms with Gasteiger partial charge < -0.3 is 5.32 Å². The molecule has 2 aliphatic carbocycles. The van der Waals surface area contributed by atoms with Crippen molar-refractivity contribution in [1.82, 2.24) is 0 Å². The first kappa shape index (κ1) is 13.7. The number of hydrogen-bond donors (Lipinski definition) is 1. The zero-order chi connectivity index (χ0) is 14.9. The van der Waals surface area contributed by atoms with E-state index in [9.17, 15) is 0 Å². The third kappa shape index (κ3) is 2.92. The van der Waals surface area contributed by atoms with Crippen LogP contribution in [0.1, 0.15) is 26.3 Å². The minimum Gasteiger partial charge on any atom is -0.355 e. The lowest BCUT2D eigenvalue weighted by molar-refractivity contribution is 0.590. The van der Waals surface area contributed by atoms with E-state index in [1.165, 1.54) is 16.7 Å². The van der Waals surface area contributed by atoms with Crippen molar-refractivity contribution in [3.05, 3.63) is 72.3 Å². The molecule has 1 aromatic carbocycles. The van der Waals surface area contributed by atoms with Crippen molar-refractivity contribution in [3.63, 3.8) is 0 Å². The van der Waals surface area contributed by atoms with E-state index in [0.29, 0.717) is 0 Å². The molecule has 0 saturated carbocycles. The van der Waals surface area contributed by atoms with E-state index in [0.717, 1.165) is 11.4 Å². The summed E-state index contributed by atoms with van der Waals surface area (Å²) < 4.78 is 0. The van der Waals surface area contributed by atoms with Crippen molar-refractivity contribution >= 4 is 11.4 Å². The third-order valence-electron chi connectivity index (χ3n) is 3.82. The molecule has 0 fully saturated rings. The zero-order valence-corrected chi connectivity index (χ0v) is 12.9. The Kier molecular flexibility index (Phi) is 3.42. The van der Waals surface area contributed by atoms with Crippen LogP contribution < -0.4 is 5.32 Å². The highest BCUT2D eigenvalue weighted by molar-refractivity contribution is 5.84. The number of rotatable bonds is 2. The monoisotopic (exact) mass is 275 g/mol. The summed E-state index contributed by atoms with van der Waals surface area (Å²) in [4.78, 5) is 0. The van der Waals surface area contributed by atoms with Gasteiger partial charge in [0, 0.05) is 16.9 Å². The maximum Gasteiger partial charge on any atom is 0.0464 e. The fourth-order valence-electron chi connectivity index (χ4n) is 2.53. The van der Waals surface area contributed by atoms with Crippen LogP contribution in [0.4, 0.5) is 11.4 Å². The molecule has 0 spiro atoms. The second-order valence-electron chi connectivity index (χ2n) is 6.48. The van der Waals surface area contributed by atoms with Crippen LogP contribution in [-0.4, -0.2) is 0 Å². The molecule has 1 heteroatoms.